The molecule has 2 amide bonds. The summed E-state index contributed by atoms with van der Waals surface area (Å²) >= 11 is 0. The molecule has 2 aromatic rings. The predicted molar refractivity (Wildman–Crippen MR) is 85.2 cm³/mol. The molecule has 1 saturated heterocycles. The van der Waals surface area contributed by atoms with Gasteiger partial charge in [-0.3, -0.25) is 0 Å². The Labute approximate surface area is 135 Å². The number of rotatable bonds is 5. The van der Waals surface area contributed by atoms with Crippen LogP contribution in [0.15, 0.2) is 36.5 Å². The van der Waals surface area contributed by atoms with Crippen LogP contribution in [0.3, 0.4) is 0 Å². The molecule has 1 aromatic heterocycles. The average molecular weight is 315 g/mol. The molecule has 1 aliphatic rings. The number of hydrogen-bond donors (Lipinski definition) is 1. The van der Waals surface area contributed by atoms with Crippen molar-refractivity contribution < 1.29 is 9.53 Å². The molecule has 7 heteroatoms. The summed E-state index contributed by atoms with van der Waals surface area (Å²) in [4.78, 5) is 15.3. The minimum Gasteiger partial charge on any atom is -0.381 e. The van der Waals surface area contributed by atoms with Crippen LogP contribution in [0.2, 0.25) is 0 Å². The Morgan fingerprint density at radius 2 is 2.26 bits per heavy atom. The molecule has 0 unspecified atom stereocenters. The molecule has 0 spiro atoms. The van der Waals surface area contributed by atoms with E-state index in [4.69, 9.17) is 4.74 Å². The maximum atomic E-state index is 12.1. The van der Waals surface area contributed by atoms with Gasteiger partial charge in [0.1, 0.15) is 5.69 Å². The lowest BCUT2D eigenvalue weighted by Gasteiger charge is -2.18. The van der Waals surface area contributed by atoms with Crippen LogP contribution >= 0.6 is 0 Å². The van der Waals surface area contributed by atoms with Crippen LogP contribution in [-0.2, 0) is 11.3 Å². The first-order valence-electron chi connectivity index (χ1n) is 7.76. The number of nitrogens with one attached hydrogen (secondary N) is 1. The molecule has 7 nitrogen and oxygen atoms in total. The topological polar surface area (TPSA) is 72.3 Å². The molecule has 1 aromatic carbocycles. The molecule has 1 fully saturated rings. The number of urea groups is 1. The Bertz CT molecular complexity index is 637. The molecule has 2 heterocycles. The van der Waals surface area contributed by atoms with Gasteiger partial charge in [-0.05, 0) is 18.6 Å². The average Bonchev–Trinajstić information content (AvgIpc) is 3.25. The van der Waals surface area contributed by atoms with E-state index in [0.29, 0.717) is 19.0 Å². The van der Waals surface area contributed by atoms with Crippen molar-refractivity contribution in [3.05, 3.63) is 42.2 Å². The molecule has 1 atom stereocenters. The third kappa shape index (κ3) is 4.07. The number of benzene rings is 1. The van der Waals surface area contributed by atoms with Crippen LogP contribution in [-0.4, -0.2) is 52.7 Å². The zero-order valence-corrected chi connectivity index (χ0v) is 13.2. The van der Waals surface area contributed by atoms with Gasteiger partial charge in [0.2, 0.25) is 0 Å². The first-order valence-corrected chi connectivity index (χ1v) is 7.76. The molecular formula is C16H21N5O2. The van der Waals surface area contributed by atoms with E-state index in [9.17, 15) is 4.79 Å². The summed E-state index contributed by atoms with van der Waals surface area (Å²) in [6.45, 7) is 2.59. The van der Waals surface area contributed by atoms with E-state index in [-0.39, 0.29) is 6.03 Å². The summed E-state index contributed by atoms with van der Waals surface area (Å²) in [6.07, 6.45) is 2.69. The molecule has 1 N–H and O–H groups in total. The van der Waals surface area contributed by atoms with E-state index in [2.05, 4.69) is 15.5 Å². The van der Waals surface area contributed by atoms with Gasteiger partial charge in [0, 0.05) is 26.1 Å². The van der Waals surface area contributed by atoms with Gasteiger partial charge < -0.3 is 15.0 Å². The van der Waals surface area contributed by atoms with Gasteiger partial charge in [0.25, 0.3) is 0 Å². The summed E-state index contributed by atoms with van der Waals surface area (Å²) in [7, 11) is 1.75. The Balaban J connectivity index is 1.52. The number of ether oxygens (including phenoxy) is 1. The molecule has 122 valence electrons. The zero-order valence-electron chi connectivity index (χ0n) is 13.2. The number of aromatic nitrogens is 3. The monoisotopic (exact) mass is 315 g/mol. The van der Waals surface area contributed by atoms with Crippen molar-refractivity contribution in [3.8, 4) is 5.69 Å². The third-order valence-corrected chi connectivity index (χ3v) is 3.84. The first kappa shape index (κ1) is 15.5. The molecule has 0 aliphatic carbocycles. The van der Waals surface area contributed by atoms with E-state index in [0.717, 1.165) is 31.0 Å². The van der Waals surface area contributed by atoms with E-state index in [1.54, 1.807) is 22.9 Å². The standard InChI is InChI=1S/C16H21N5O2/c1-20(16(22)17-9-13-7-8-23-12-13)11-14-10-18-21(19-14)15-5-3-2-4-6-15/h2-6,10,13H,7-9,11-12H2,1H3,(H,17,22)/t13-/m1/s1. The predicted octanol–water partition coefficient (Wildman–Crippen LogP) is 1.45. The highest BCUT2D eigenvalue weighted by Crippen LogP contribution is 2.11. The summed E-state index contributed by atoms with van der Waals surface area (Å²) in [5.41, 5.74) is 1.64. The van der Waals surface area contributed by atoms with Gasteiger partial charge in [-0.2, -0.15) is 15.0 Å². The number of carbonyl (C=O) groups is 1. The number of nitrogens with zero attached hydrogens (tertiary/aromatic N) is 4. The quantitative estimate of drug-likeness (QED) is 0.906. The Hall–Kier alpha value is -2.41. The van der Waals surface area contributed by atoms with Crippen molar-refractivity contribution in [1.29, 1.82) is 0 Å². The van der Waals surface area contributed by atoms with Crippen LogP contribution in [0.1, 0.15) is 12.1 Å². The minimum absolute atomic E-state index is 0.105. The SMILES string of the molecule is CN(Cc1cnn(-c2ccccc2)n1)C(=O)NC[C@H]1CCOC1. The minimum atomic E-state index is -0.105. The lowest BCUT2D eigenvalue weighted by molar-refractivity contribution is 0.182. The van der Waals surface area contributed by atoms with Crippen molar-refractivity contribution in [2.75, 3.05) is 26.8 Å². The normalized spacial score (nSPS) is 17.2. The van der Waals surface area contributed by atoms with E-state index < -0.39 is 0 Å². The molecular weight excluding hydrogens is 294 g/mol. The van der Waals surface area contributed by atoms with Crippen LogP contribution in [0.25, 0.3) is 5.69 Å². The van der Waals surface area contributed by atoms with Crippen molar-refractivity contribution >= 4 is 6.03 Å². The highest BCUT2D eigenvalue weighted by molar-refractivity contribution is 5.73. The Morgan fingerprint density at radius 3 is 3.00 bits per heavy atom. The molecule has 0 bridgehead atoms. The van der Waals surface area contributed by atoms with Crippen LogP contribution in [0.4, 0.5) is 4.79 Å². The van der Waals surface area contributed by atoms with Gasteiger partial charge in [-0.15, -0.1) is 0 Å². The second-order valence-electron chi connectivity index (χ2n) is 5.73. The summed E-state index contributed by atoms with van der Waals surface area (Å²) in [6, 6.07) is 9.58. The van der Waals surface area contributed by atoms with E-state index in [1.807, 2.05) is 30.3 Å². The van der Waals surface area contributed by atoms with Gasteiger partial charge in [0.05, 0.1) is 25.0 Å². The first-order chi connectivity index (χ1) is 11.2. The lowest BCUT2D eigenvalue weighted by Crippen LogP contribution is -2.39. The molecule has 1 aliphatic heterocycles. The molecule has 0 saturated carbocycles. The van der Waals surface area contributed by atoms with E-state index >= 15 is 0 Å². The van der Waals surface area contributed by atoms with Crippen LogP contribution in [0.5, 0.6) is 0 Å². The second-order valence-corrected chi connectivity index (χ2v) is 5.73. The third-order valence-electron chi connectivity index (χ3n) is 3.84. The lowest BCUT2D eigenvalue weighted by atomic mass is 10.1. The number of para-hydroxylation sites is 1. The number of hydrogen-bond acceptors (Lipinski definition) is 4. The van der Waals surface area contributed by atoms with Crippen molar-refractivity contribution in [2.24, 2.45) is 5.92 Å². The molecule has 3 rings (SSSR count). The van der Waals surface area contributed by atoms with Gasteiger partial charge in [-0.1, -0.05) is 18.2 Å². The van der Waals surface area contributed by atoms with Gasteiger partial charge in [0.15, 0.2) is 0 Å². The number of carbonyl (C=O) groups excluding carboxylic acids is 1. The van der Waals surface area contributed by atoms with Crippen molar-refractivity contribution in [3.63, 3.8) is 0 Å². The van der Waals surface area contributed by atoms with Crippen molar-refractivity contribution in [1.82, 2.24) is 25.2 Å². The smallest absolute Gasteiger partial charge is 0.317 e. The Kier molecular flexibility index (Phi) is 4.87. The summed E-state index contributed by atoms with van der Waals surface area (Å²) in [5, 5.41) is 11.6. The second kappa shape index (κ2) is 7.23. The fourth-order valence-corrected chi connectivity index (χ4v) is 2.48. The summed E-state index contributed by atoms with van der Waals surface area (Å²) in [5.74, 6) is 0.423. The molecule has 0 radical (unpaired) electrons. The number of amides is 2. The fourth-order valence-electron chi connectivity index (χ4n) is 2.48. The highest BCUT2D eigenvalue weighted by Gasteiger charge is 2.18. The van der Waals surface area contributed by atoms with Crippen LogP contribution < -0.4 is 5.32 Å². The Morgan fingerprint density at radius 1 is 1.43 bits per heavy atom. The maximum absolute atomic E-state index is 12.1. The van der Waals surface area contributed by atoms with Gasteiger partial charge >= 0.3 is 6.03 Å². The highest BCUT2D eigenvalue weighted by atomic mass is 16.5. The largest absolute Gasteiger partial charge is 0.381 e. The van der Waals surface area contributed by atoms with Crippen molar-refractivity contribution in [2.45, 2.75) is 13.0 Å². The molecule has 23 heavy (non-hydrogen) atoms. The maximum Gasteiger partial charge on any atom is 0.317 e. The van der Waals surface area contributed by atoms with Crippen LogP contribution in [0, 0.1) is 5.92 Å². The fraction of sp³-hybridized carbons (Fsp3) is 0.438. The zero-order chi connectivity index (χ0) is 16.1. The van der Waals surface area contributed by atoms with E-state index in [1.165, 1.54) is 0 Å². The van der Waals surface area contributed by atoms with Gasteiger partial charge in [-0.25, -0.2) is 4.79 Å². The summed E-state index contributed by atoms with van der Waals surface area (Å²) < 4.78 is 5.30.